The van der Waals surface area contributed by atoms with Crippen molar-refractivity contribution in [3.8, 4) is 0 Å². The highest BCUT2D eigenvalue weighted by atomic mass is 35.5. The van der Waals surface area contributed by atoms with E-state index in [1.807, 2.05) is 18.2 Å². The summed E-state index contributed by atoms with van der Waals surface area (Å²) in [4.78, 5) is 3.78. The van der Waals surface area contributed by atoms with Gasteiger partial charge in [0.25, 0.3) is 0 Å². The largest absolute Gasteiger partial charge is 0.344 e. The predicted octanol–water partition coefficient (Wildman–Crippen LogP) is 1.67. The number of pyridine rings is 1. The maximum absolute atomic E-state index is 3.78. The molecule has 0 fully saturated rings. The molecule has 1 rings (SSSR count). The number of nitrogens with zero attached hydrogens (tertiary/aromatic N) is 1. The van der Waals surface area contributed by atoms with E-state index < -0.39 is 0 Å². The number of halogens is 1. The fourth-order valence-electron chi connectivity index (χ4n) is 0.313. The molecular weight excluding hydrogens is 124 g/mol. The molecule has 0 amide bonds. The van der Waals surface area contributed by atoms with Crippen LogP contribution in [-0.2, 0) is 0 Å². The zero-order chi connectivity index (χ0) is 4.24. The van der Waals surface area contributed by atoms with E-state index in [1.54, 1.807) is 12.4 Å². The van der Waals surface area contributed by atoms with Gasteiger partial charge in [-0.1, -0.05) is 6.07 Å². The van der Waals surface area contributed by atoms with Crippen LogP contribution in [-0.4, -0.2) is 4.98 Å². The summed E-state index contributed by atoms with van der Waals surface area (Å²) < 4.78 is 0. The molecule has 0 radical (unpaired) electrons. The quantitative estimate of drug-likeness (QED) is 0.584. The molecule has 3 N–H and O–H groups in total. The van der Waals surface area contributed by atoms with Gasteiger partial charge in [0, 0.05) is 12.4 Å². The lowest BCUT2D eigenvalue weighted by Gasteiger charge is -1.70. The van der Waals surface area contributed by atoms with Crippen molar-refractivity contribution in [2.75, 3.05) is 0 Å². The molecule has 0 bridgehead atoms. The first-order chi connectivity index (χ1) is 3.00. The SMILES string of the molecule is Cl.N.c1ccncc1. The molecule has 0 unspecified atom stereocenters. The van der Waals surface area contributed by atoms with Gasteiger partial charge in [0.1, 0.15) is 0 Å². The van der Waals surface area contributed by atoms with Crippen LogP contribution in [0.25, 0.3) is 0 Å². The Hall–Kier alpha value is -0.600. The van der Waals surface area contributed by atoms with Crippen molar-refractivity contribution in [3.63, 3.8) is 0 Å². The standard InChI is InChI=1S/C5H5N.ClH.H3N/c1-2-4-6-5-3-1;;/h1-5H;1H;1H3. The Labute approximate surface area is 54.9 Å². The molecule has 0 spiro atoms. The third-order valence-corrected chi connectivity index (χ3v) is 0.566. The molecule has 46 valence electrons. The van der Waals surface area contributed by atoms with E-state index in [1.165, 1.54) is 0 Å². The number of rotatable bonds is 0. The highest BCUT2D eigenvalue weighted by Crippen LogP contribution is 1.73. The Morgan fingerprint density at radius 2 is 1.38 bits per heavy atom. The summed E-state index contributed by atoms with van der Waals surface area (Å²) in [6.07, 6.45) is 3.50. The normalized spacial score (nSPS) is 6.00. The van der Waals surface area contributed by atoms with Crippen molar-refractivity contribution >= 4 is 12.4 Å². The van der Waals surface area contributed by atoms with Crippen molar-refractivity contribution in [2.24, 2.45) is 0 Å². The summed E-state index contributed by atoms with van der Waals surface area (Å²) in [6, 6.07) is 5.72. The maximum atomic E-state index is 3.78. The summed E-state index contributed by atoms with van der Waals surface area (Å²) in [5.74, 6) is 0. The first-order valence-electron chi connectivity index (χ1n) is 1.85. The first-order valence-corrected chi connectivity index (χ1v) is 1.85. The fourth-order valence-corrected chi connectivity index (χ4v) is 0.313. The van der Waals surface area contributed by atoms with E-state index in [0.29, 0.717) is 0 Å². The van der Waals surface area contributed by atoms with Crippen molar-refractivity contribution in [3.05, 3.63) is 30.6 Å². The van der Waals surface area contributed by atoms with E-state index >= 15 is 0 Å². The molecule has 1 aromatic rings. The van der Waals surface area contributed by atoms with Gasteiger partial charge >= 0.3 is 0 Å². The Morgan fingerprint density at radius 1 is 0.875 bits per heavy atom. The highest BCUT2D eigenvalue weighted by Gasteiger charge is 1.58. The molecule has 0 aliphatic rings. The van der Waals surface area contributed by atoms with Crippen LogP contribution in [0.3, 0.4) is 0 Å². The highest BCUT2D eigenvalue weighted by molar-refractivity contribution is 5.85. The number of aromatic nitrogens is 1. The van der Waals surface area contributed by atoms with Gasteiger partial charge in [0.05, 0.1) is 0 Å². The van der Waals surface area contributed by atoms with Crippen molar-refractivity contribution in [1.82, 2.24) is 11.1 Å². The van der Waals surface area contributed by atoms with E-state index in [0.717, 1.165) is 0 Å². The predicted molar refractivity (Wildman–Crippen MR) is 36.5 cm³/mol. The van der Waals surface area contributed by atoms with Crippen LogP contribution in [0.5, 0.6) is 0 Å². The van der Waals surface area contributed by atoms with Gasteiger partial charge < -0.3 is 6.15 Å². The minimum absolute atomic E-state index is 0. The second-order valence-corrected chi connectivity index (χ2v) is 1.02. The van der Waals surface area contributed by atoms with Crippen LogP contribution in [0.1, 0.15) is 0 Å². The van der Waals surface area contributed by atoms with Crippen LogP contribution >= 0.6 is 12.4 Å². The van der Waals surface area contributed by atoms with Gasteiger partial charge in [-0.25, -0.2) is 0 Å². The van der Waals surface area contributed by atoms with Crippen LogP contribution in [0.2, 0.25) is 0 Å². The Bertz CT molecular complexity index is 82.4. The van der Waals surface area contributed by atoms with Crippen LogP contribution in [0.4, 0.5) is 0 Å². The molecule has 8 heavy (non-hydrogen) atoms. The molecule has 0 aromatic carbocycles. The molecule has 0 saturated carbocycles. The third kappa shape index (κ3) is 3.59. The topological polar surface area (TPSA) is 47.9 Å². The van der Waals surface area contributed by atoms with Crippen molar-refractivity contribution in [2.45, 2.75) is 0 Å². The van der Waals surface area contributed by atoms with E-state index in [9.17, 15) is 0 Å². The summed E-state index contributed by atoms with van der Waals surface area (Å²) >= 11 is 0. The molecule has 0 atom stereocenters. The minimum atomic E-state index is 0. The summed E-state index contributed by atoms with van der Waals surface area (Å²) in [6.45, 7) is 0. The fraction of sp³-hybridized carbons (Fsp3) is 0. The third-order valence-electron chi connectivity index (χ3n) is 0.566. The van der Waals surface area contributed by atoms with Gasteiger partial charge in [-0.3, -0.25) is 4.98 Å². The molecule has 0 aliphatic carbocycles. The molecular formula is C5H9ClN2. The van der Waals surface area contributed by atoms with Crippen LogP contribution in [0, 0.1) is 0 Å². The van der Waals surface area contributed by atoms with E-state index in [4.69, 9.17) is 0 Å². The van der Waals surface area contributed by atoms with Gasteiger partial charge in [-0.05, 0) is 12.1 Å². The monoisotopic (exact) mass is 132 g/mol. The van der Waals surface area contributed by atoms with Gasteiger partial charge in [-0.15, -0.1) is 12.4 Å². The average molecular weight is 133 g/mol. The maximum Gasteiger partial charge on any atom is 0.0267 e. The smallest absolute Gasteiger partial charge is 0.0267 e. The minimum Gasteiger partial charge on any atom is -0.344 e. The second kappa shape index (κ2) is 6.40. The van der Waals surface area contributed by atoms with E-state index in [2.05, 4.69) is 4.98 Å². The summed E-state index contributed by atoms with van der Waals surface area (Å²) in [5.41, 5.74) is 0. The second-order valence-electron chi connectivity index (χ2n) is 1.02. The lowest BCUT2D eigenvalue weighted by atomic mass is 10.5. The van der Waals surface area contributed by atoms with Gasteiger partial charge in [-0.2, -0.15) is 0 Å². The Morgan fingerprint density at radius 3 is 1.50 bits per heavy atom. The summed E-state index contributed by atoms with van der Waals surface area (Å²) in [7, 11) is 0. The molecule has 3 heteroatoms. The van der Waals surface area contributed by atoms with Gasteiger partial charge in [0.15, 0.2) is 0 Å². The number of hydrogen-bond acceptors (Lipinski definition) is 2. The molecule has 0 saturated heterocycles. The lowest BCUT2D eigenvalue weighted by molar-refractivity contribution is 1.33. The zero-order valence-electron chi connectivity index (χ0n) is 4.45. The molecule has 0 aliphatic heterocycles. The summed E-state index contributed by atoms with van der Waals surface area (Å²) in [5, 5.41) is 0. The zero-order valence-corrected chi connectivity index (χ0v) is 5.27. The Kier molecular flexibility index (Phi) is 8.32. The lowest BCUT2D eigenvalue weighted by Crippen LogP contribution is -1.58. The molecule has 1 heterocycles. The molecule has 2 nitrogen and oxygen atoms in total. The average Bonchev–Trinajstić information content (AvgIpc) is 1.72. The Balaban J connectivity index is 0. The van der Waals surface area contributed by atoms with Crippen molar-refractivity contribution < 1.29 is 0 Å². The first kappa shape index (κ1) is 10.4. The van der Waals surface area contributed by atoms with Crippen LogP contribution < -0.4 is 6.15 Å². The van der Waals surface area contributed by atoms with Gasteiger partial charge in [0.2, 0.25) is 0 Å². The van der Waals surface area contributed by atoms with Crippen molar-refractivity contribution in [1.29, 1.82) is 0 Å². The van der Waals surface area contributed by atoms with Crippen LogP contribution in [0.15, 0.2) is 30.6 Å². The number of hydrogen-bond donors (Lipinski definition) is 1. The van der Waals surface area contributed by atoms with E-state index in [-0.39, 0.29) is 18.6 Å². The molecule has 1 aromatic heterocycles.